The molecule has 1 saturated heterocycles. The zero-order chi connectivity index (χ0) is 17.1. The standard InChI is InChI=1S/C18H24N4O2/c1-13-9-16(14(2)20-13)11-18(24)22-7-5-21(6-8-22)17(23)10-15-3-4-19-12-15/h3-4,9,12,19-20H,5-8,10-11H2,1-2H3. The van der Waals surface area contributed by atoms with Gasteiger partial charge in [-0.05, 0) is 37.1 Å². The van der Waals surface area contributed by atoms with Crippen LogP contribution in [0.3, 0.4) is 0 Å². The molecule has 1 aliphatic rings. The summed E-state index contributed by atoms with van der Waals surface area (Å²) in [6, 6.07) is 3.95. The fraction of sp³-hybridized carbons (Fsp3) is 0.444. The lowest BCUT2D eigenvalue weighted by atomic mass is 10.1. The number of piperazine rings is 1. The second-order valence-corrected chi connectivity index (χ2v) is 6.44. The highest BCUT2D eigenvalue weighted by Crippen LogP contribution is 2.13. The number of aryl methyl sites for hydroxylation is 2. The summed E-state index contributed by atoms with van der Waals surface area (Å²) in [6.07, 6.45) is 4.51. The molecule has 0 radical (unpaired) electrons. The number of nitrogens with zero attached hydrogens (tertiary/aromatic N) is 2. The van der Waals surface area contributed by atoms with E-state index in [0.717, 1.165) is 22.5 Å². The quantitative estimate of drug-likeness (QED) is 0.891. The Morgan fingerprint density at radius 3 is 2.17 bits per heavy atom. The van der Waals surface area contributed by atoms with Gasteiger partial charge < -0.3 is 19.8 Å². The van der Waals surface area contributed by atoms with Gasteiger partial charge in [-0.2, -0.15) is 0 Å². The maximum Gasteiger partial charge on any atom is 0.227 e. The van der Waals surface area contributed by atoms with Crippen molar-refractivity contribution in [2.24, 2.45) is 0 Å². The van der Waals surface area contributed by atoms with Crippen molar-refractivity contribution < 1.29 is 9.59 Å². The largest absolute Gasteiger partial charge is 0.367 e. The van der Waals surface area contributed by atoms with Crippen molar-refractivity contribution >= 4 is 11.8 Å². The molecule has 2 aromatic rings. The average Bonchev–Trinajstić information content (AvgIpc) is 3.17. The predicted molar refractivity (Wildman–Crippen MR) is 91.6 cm³/mol. The van der Waals surface area contributed by atoms with Crippen LogP contribution in [-0.4, -0.2) is 57.8 Å². The van der Waals surface area contributed by atoms with Gasteiger partial charge >= 0.3 is 0 Å². The number of nitrogens with one attached hydrogen (secondary N) is 2. The Balaban J connectivity index is 1.50. The first-order valence-electron chi connectivity index (χ1n) is 8.35. The van der Waals surface area contributed by atoms with E-state index in [9.17, 15) is 9.59 Å². The summed E-state index contributed by atoms with van der Waals surface area (Å²) in [6.45, 7) is 6.43. The molecular weight excluding hydrogens is 304 g/mol. The Kier molecular flexibility index (Phi) is 4.74. The maximum absolute atomic E-state index is 12.5. The summed E-state index contributed by atoms with van der Waals surface area (Å²) in [5.74, 6) is 0.258. The third-order valence-corrected chi connectivity index (χ3v) is 4.60. The van der Waals surface area contributed by atoms with Crippen LogP contribution in [0.4, 0.5) is 0 Å². The molecule has 3 rings (SSSR count). The summed E-state index contributed by atoms with van der Waals surface area (Å²) in [7, 11) is 0. The number of aromatic amines is 2. The van der Waals surface area contributed by atoms with Crippen molar-refractivity contribution in [1.82, 2.24) is 19.8 Å². The molecular formula is C18H24N4O2. The van der Waals surface area contributed by atoms with Gasteiger partial charge in [-0.3, -0.25) is 9.59 Å². The highest BCUT2D eigenvalue weighted by atomic mass is 16.2. The zero-order valence-corrected chi connectivity index (χ0v) is 14.3. The fourth-order valence-electron chi connectivity index (χ4n) is 3.20. The second-order valence-electron chi connectivity index (χ2n) is 6.44. The van der Waals surface area contributed by atoms with Crippen LogP contribution < -0.4 is 0 Å². The van der Waals surface area contributed by atoms with E-state index in [1.165, 1.54) is 0 Å². The molecule has 2 aromatic heterocycles. The Bertz CT molecular complexity index is 709. The first-order chi connectivity index (χ1) is 11.5. The van der Waals surface area contributed by atoms with E-state index < -0.39 is 0 Å². The third-order valence-electron chi connectivity index (χ3n) is 4.60. The molecule has 0 aliphatic carbocycles. The van der Waals surface area contributed by atoms with Crippen LogP contribution in [-0.2, 0) is 22.4 Å². The number of hydrogen-bond acceptors (Lipinski definition) is 2. The number of amides is 2. The minimum atomic E-state index is 0.124. The molecule has 0 bridgehead atoms. The summed E-state index contributed by atoms with van der Waals surface area (Å²) >= 11 is 0. The number of rotatable bonds is 4. The molecule has 128 valence electrons. The zero-order valence-electron chi connectivity index (χ0n) is 14.3. The van der Waals surface area contributed by atoms with Crippen LogP contribution >= 0.6 is 0 Å². The van der Waals surface area contributed by atoms with Gasteiger partial charge in [0.2, 0.25) is 11.8 Å². The number of H-pyrrole nitrogens is 2. The lowest BCUT2D eigenvalue weighted by molar-refractivity contribution is -0.138. The first kappa shape index (κ1) is 16.4. The molecule has 0 saturated carbocycles. The Morgan fingerprint density at radius 2 is 1.67 bits per heavy atom. The summed E-state index contributed by atoms with van der Waals surface area (Å²) < 4.78 is 0. The van der Waals surface area contributed by atoms with Crippen LogP contribution in [0.15, 0.2) is 24.5 Å². The minimum absolute atomic E-state index is 0.124. The SMILES string of the molecule is Cc1cc(CC(=O)N2CCN(C(=O)Cc3cc[nH]c3)CC2)c(C)[nH]1. The number of aromatic nitrogens is 2. The molecule has 0 unspecified atom stereocenters. The highest BCUT2D eigenvalue weighted by molar-refractivity contribution is 5.81. The van der Waals surface area contributed by atoms with Gasteiger partial charge in [0.1, 0.15) is 0 Å². The van der Waals surface area contributed by atoms with Crippen molar-refractivity contribution in [3.05, 3.63) is 47.0 Å². The maximum atomic E-state index is 12.5. The lowest BCUT2D eigenvalue weighted by Crippen LogP contribution is -2.51. The van der Waals surface area contributed by atoms with Gasteiger partial charge in [0.25, 0.3) is 0 Å². The summed E-state index contributed by atoms with van der Waals surface area (Å²) in [4.78, 5) is 34.7. The Labute approximate surface area is 141 Å². The van der Waals surface area contributed by atoms with Gasteiger partial charge in [0, 0.05) is 50.0 Å². The molecule has 1 fully saturated rings. The van der Waals surface area contributed by atoms with Crippen LogP contribution in [0, 0.1) is 13.8 Å². The van der Waals surface area contributed by atoms with Crippen molar-refractivity contribution in [2.45, 2.75) is 26.7 Å². The molecule has 1 aliphatic heterocycles. The third kappa shape index (κ3) is 3.69. The Hall–Kier alpha value is -2.50. The monoisotopic (exact) mass is 328 g/mol. The first-order valence-corrected chi connectivity index (χ1v) is 8.35. The van der Waals surface area contributed by atoms with E-state index in [-0.39, 0.29) is 11.8 Å². The van der Waals surface area contributed by atoms with Gasteiger partial charge in [-0.1, -0.05) is 0 Å². The van der Waals surface area contributed by atoms with Crippen LogP contribution in [0.25, 0.3) is 0 Å². The van der Waals surface area contributed by atoms with Crippen molar-refractivity contribution in [3.63, 3.8) is 0 Å². The highest BCUT2D eigenvalue weighted by Gasteiger charge is 2.24. The van der Waals surface area contributed by atoms with E-state index in [0.29, 0.717) is 39.0 Å². The second kappa shape index (κ2) is 6.95. The number of hydrogen-bond donors (Lipinski definition) is 2. The summed E-state index contributed by atoms with van der Waals surface area (Å²) in [5, 5.41) is 0. The normalized spacial score (nSPS) is 14.9. The molecule has 6 heteroatoms. The molecule has 24 heavy (non-hydrogen) atoms. The predicted octanol–water partition coefficient (Wildman–Crippen LogP) is 1.42. The molecule has 6 nitrogen and oxygen atoms in total. The van der Waals surface area contributed by atoms with Crippen molar-refractivity contribution in [1.29, 1.82) is 0 Å². The van der Waals surface area contributed by atoms with Crippen molar-refractivity contribution in [3.8, 4) is 0 Å². The van der Waals surface area contributed by atoms with Gasteiger partial charge in [0.05, 0.1) is 12.8 Å². The van der Waals surface area contributed by atoms with Gasteiger partial charge in [-0.15, -0.1) is 0 Å². The number of carbonyl (C=O) groups is 2. The fourth-order valence-corrected chi connectivity index (χ4v) is 3.20. The van der Waals surface area contributed by atoms with E-state index in [1.54, 1.807) is 0 Å². The topological polar surface area (TPSA) is 72.2 Å². The number of carbonyl (C=O) groups excluding carboxylic acids is 2. The lowest BCUT2D eigenvalue weighted by Gasteiger charge is -2.35. The molecule has 2 N–H and O–H groups in total. The Morgan fingerprint density at radius 1 is 1.04 bits per heavy atom. The molecule has 0 atom stereocenters. The van der Waals surface area contributed by atoms with Crippen molar-refractivity contribution in [2.75, 3.05) is 26.2 Å². The van der Waals surface area contributed by atoms with Crippen LogP contribution in [0.2, 0.25) is 0 Å². The molecule has 2 amide bonds. The van der Waals surface area contributed by atoms with E-state index in [1.807, 2.05) is 48.2 Å². The molecule has 3 heterocycles. The van der Waals surface area contributed by atoms with Gasteiger partial charge in [0.15, 0.2) is 0 Å². The molecule has 0 spiro atoms. The van der Waals surface area contributed by atoms with Crippen LogP contribution in [0.5, 0.6) is 0 Å². The van der Waals surface area contributed by atoms with E-state index >= 15 is 0 Å². The van der Waals surface area contributed by atoms with E-state index in [4.69, 9.17) is 0 Å². The minimum Gasteiger partial charge on any atom is -0.367 e. The average molecular weight is 328 g/mol. The summed E-state index contributed by atoms with van der Waals surface area (Å²) in [5.41, 5.74) is 4.19. The smallest absolute Gasteiger partial charge is 0.227 e. The molecule has 0 aromatic carbocycles. The van der Waals surface area contributed by atoms with Gasteiger partial charge in [-0.25, -0.2) is 0 Å². The van der Waals surface area contributed by atoms with Crippen LogP contribution in [0.1, 0.15) is 22.5 Å². The van der Waals surface area contributed by atoms with E-state index in [2.05, 4.69) is 9.97 Å².